The van der Waals surface area contributed by atoms with Crippen molar-refractivity contribution >= 4 is 45.8 Å². The number of hydrogen-bond donors (Lipinski definition) is 2. The van der Waals surface area contributed by atoms with E-state index < -0.39 is 17.8 Å². The maximum Gasteiger partial charge on any atom is 0.337 e. The molecule has 3 amide bonds. The smallest absolute Gasteiger partial charge is 0.337 e. The number of anilines is 1. The molecule has 0 radical (unpaired) electrons. The lowest BCUT2D eigenvalue weighted by atomic mass is 10.1. The molecular formula is C26H25BrN2O6. The van der Waals surface area contributed by atoms with Crippen LogP contribution in [0.3, 0.4) is 0 Å². The quantitative estimate of drug-likeness (QED) is 0.365. The molecule has 0 atom stereocenters. The fourth-order valence-electron chi connectivity index (χ4n) is 2.91. The standard InChI is InChI=1S/C24H19BrN2O6.C2H6/c25-18-8-11-21(20(14-18)24(31)32)26-22(29)16-6-9-19(10-7-16)33-13-12-27(15-28)23(30)17-4-2-1-3-5-17;1-2/h1-11,14-15H,12-13H2,(H,26,29)(H,31,32);1-2H3. The Morgan fingerprint density at radius 1 is 0.971 bits per heavy atom. The first-order valence-corrected chi connectivity index (χ1v) is 11.6. The number of aromatic carboxylic acids is 1. The largest absolute Gasteiger partial charge is 0.492 e. The van der Waals surface area contributed by atoms with Crippen molar-refractivity contribution < 1.29 is 29.0 Å². The van der Waals surface area contributed by atoms with Gasteiger partial charge < -0.3 is 15.2 Å². The third-order valence-corrected chi connectivity index (χ3v) is 5.08. The van der Waals surface area contributed by atoms with Gasteiger partial charge in [0.15, 0.2) is 0 Å². The fourth-order valence-corrected chi connectivity index (χ4v) is 3.27. The number of carboxylic acids is 1. The summed E-state index contributed by atoms with van der Waals surface area (Å²) in [5.74, 6) is -1.62. The van der Waals surface area contributed by atoms with Gasteiger partial charge in [-0.2, -0.15) is 0 Å². The van der Waals surface area contributed by atoms with Crippen LogP contribution < -0.4 is 10.1 Å². The number of nitrogens with zero attached hydrogens (tertiary/aromatic N) is 1. The third kappa shape index (κ3) is 7.79. The van der Waals surface area contributed by atoms with E-state index in [2.05, 4.69) is 21.2 Å². The summed E-state index contributed by atoms with van der Waals surface area (Å²) in [5.41, 5.74) is 0.836. The Hall–Kier alpha value is -3.98. The summed E-state index contributed by atoms with van der Waals surface area (Å²) in [6, 6.07) is 19.2. The zero-order valence-electron chi connectivity index (χ0n) is 19.2. The summed E-state index contributed by atoms with van der Waals surface area (Å²) in [4.78, 5) is 48.5. The molecule has 2 N–H and O–H groups in total. The number of ether oxygens (including phenoxy) is 1. The number of carbonyl (C=O) groups excluding carboxylic acids is 3. The highest BCUT2D eigenvalue weighted by atomic mass is 79.9. The Kier molecular flexibility index (Phi) is 10.6. The van der Waals surface area contributed by atoms with Crippen molar-refractivity contribution in [1.82, 2.24) is 4.90 Å². The molecular weight excluding hydrogens is 516 g/mol. The molecule has 3 rings (SSSR count). The molecule has 182 valence electrons. The van der Waals surface area contributed by atoms with E-state index >= 15 is 0 Å². The summed E-state index contributed by atoms with van der Waals surface area (Å²) < 4.78 is 6.16. The van der Waals surface area contributed by atoms with E-state index in [9.17, 15) is 24.3 Å². The van der Waals surface area contributed by atoms with Crippen molar-refractivity contribution in [2.24, 2.45) is 0 Å². The molecule has 8 nitrogen and oxygen atoms in total. The van der Waals surface area contributed by atoms with Crippen LogP contribution in [0.4, 0.5) is 5.69 Å². The van der Waals surface area contributed by atoms with Crippen molar-refractivity contribution in [2.45, 2.75) is 13.8 Å². The van der Waals surface area contributed by atoms with E-state index in [4.69, 9.17) is 4.74 Å². The molecule has 0 unspecified atom stereocenters. The van der Waals surface area contributed by atoms with Crippen molar-refractivity contribution in [1.29, 1.82) is 0 Å². The van der Waals surface area contributed by atoms with Gasteiger partial charge in [0.05, 0.1) is 17.8 Å². The van der Waals surface area contributed by atoms with Gasteiger partial charge in [0.25, 0.3) is 11.8 Å². The van der Waals surface area contributed by atoms with Gasteiger partial charge in [0.2, 0.25) is 6.41 Å². The lowest BCUT2D eigenvalue weighted by Crippen LogP contribution is -2.33. The highest BCUT2D eigenvalue weighted by Crippen LogP contribution is 2.22. The van der Waals surface area contributed by atoms with E-state index in [1.165, 1.54) is 24.3 Å². The van der Waals surface area contributed by atoms with Crippen molar-refractivity contribution in [3.8, 4) is 5.75 Å². The number of carboxylic acid groups (broad SMARTS) is 1. The Labute approximate surface area is 211 Å². The van der Waals surface area contributed by atoms with Crippen LogP contribution in [0.15, 0.2) is 77.3 Å². The van der Waals surface area contributed by atoms with Gasteiger partial charge in [-0.05, 0) is 54.6 Å². The van der Waals surface area contributed by atoms with Crippen LogP contribution in [0.2, 0.25) is 0 Å². The molecule has 0 aromatic heterocycles. The monoisotopic (exact) mass is 540 g/mol. The van der Waals surface area contributed by atoms with Crippen molar-refractivity contribution in [3.63, 3.8) is 0 Å². The normalized spacial score (nSPS) is 9.80. The van der Waals surface area contributed by atoms with Gasteiger partial charge in [-0.1, -0.05) is 48.0 Å². The first-order chi connectivity index (χ1) is 16.9. The average Bonchev–Trinajstić information content (AvgIpc) is 2.89. The summed E-state index contributed by atoms with van der Waals surface area (Å²) in [6.07, 6.45) is 0.458. The van der Waals surface area contributed by atoms with E-state index in [1.54, 1.807) is 48.5 Å². The van der Waals surface area contributed by atoms with E-state index in [1.807, 2.05) is 13.8 Å². The second kappa shape index (κ2) is 13.7. The van der Waals surface area contributed by atoms with Gasteiger partial charge in [-0.3, -0.25) is 19.3 Å². The molecule has 0 aliphatic carbocycles. The van der Waals surface area contributed by atoms with Crippen molar-refractivity contribution in [2.75, 3.05) is 18.5 Å². The number of benzene rings is 3. The van der Waals surface area contributed by atoms with Crippen LogP contribution in [0.5, 0.6) is 5.75 Å². The zero-order valence-corrected chi connectivity index (χ0v) is 20.8. The molecule has 0 aliphatic rings. The number of amides is 3. The molecule has 9 heteroatoms. The van der Waals surface area contributed by atoms with E-state index in [0.29, 0.717) is 27.8 Å². The molecule has 0 fully saturated rings. The average molecular weight is 541 g/mol. The molecule has 0 aliphatic heterocycles. The molecule has 0 saturated heterocycles. The van der Waals surface area contributed by atoms with Crippen LogP contribution in [-0.4, -0.2) is 47.4 Å². The Morgan fingerprint density at radius 2 is 1.63 bits per heavy atom. The number of imide groups is 1. The number of nitrogens with one attached hydrogen (secondary N) is 1. The highest BCUT2D eigenvalue weighted by molar-refractivity contribution is 9.10. The maximum atomic E-state index is 12.5. The maximum absolute atomic E-state index is 12.5. The predicted molar refractivity (Wildman–Crippen MR) is 136 cm³/mol. The lowest BCUT2D eigenvalue weighted by molar-refractivity contribution is -0.116. The van der Waals surface area contributed by atoms with Gasteiger partial charge in [0, 0.05) is 15.6 Å². The topological polar surface area (TPSA) is 113 Å². The van der Waals surface area contributed by atoms with Crippen LogP contribution >= 0.6 is 15.9 Å². The molecule has 0 spiro atoms. The number of rotatable bonds is 9. The molecule has 35 heavy (non-hydrogen) atoms. The van der Waals surface area contributed by atoms with Crippen LogP contribution in [0.1, 0.15) is 44.9 Å². The van der Waals surface area contributed by atoms with E-state index in [0.717, 1.165) is 4.90 Å². The Bertz CT molecular complexity index is 1170. The molecule has 0 bridgehead atoms. The summed E-state index contributed by atoms with van der Waals surface area (Å²) in [5, 5.41) is 11.9. The van der Waals surface area contributed by atoms with Crippen molar-refractivity contribution in [3.05, 3.63) is 94.0 Å². The minimum atomic E-state index is -1.16. The molecule has 3 aromatic carbocycles. The summed E-state index contributed by atoms with van der Waals surface area (Å²) >= 11 is 3.21. The first-order valence-electron chi connectivity index (χ1n) is 10.8. The second-order valence-corrected chi connectivity index (χ2v) is 7.71. The number of carbonyl (C=O) groups is 4. The van der Waals surface area contributed by atoms with Gasteiger partial charge in [-0.25, -0.2) is 4.79 Å². The molecule has 0 heterocycles. The van der Waals surface area contributed by atoms with Crippen LogP contribution in [0, 0.1) is 0 Å². The second-order valence-electron chi connectivity index (χ2n) is 6.79. The highest BCUT2D eigenvalue weighted by Gasteiger charge is 2.16. The minimum absolute atomic E-state index is 0.0394. The first kappa shape index (κ1) is 27.3. The van der Waals surface area contributed by atoms with Gasteiger partial charge in [0.1, 0.15) is 12.4 Å². The van der Waals surface area contributed by atoms with E-state index in [-0.39, 0.29) is 24.4 Å². The molecule has 0 saturated carbocycles. The summed E-state index contributed by atoms with van der Waals surface area (Å²) in [6.45, 7) is 4.13. The third-order valence-electron chi connectivity index (χ3n) is 4.59. The van der Waals surface area contributed by atoms with Gasteiger partial charge >= 0.3 is 5.97 Å². The fraction of sp³-hybridized carbons (Fsp3) is 0.154. The number of hydrogen-bond acceptors (Lipinski definition) is 5. The van der Waals surface area contributed by atoms with Gasteiger partial charge in [-0.15, -0.1) is 0 Å². The van der Waals surface area contributed by atoms with Crippen LogP contribution in [0.25, 0.3) is 0 Å². The lowest BCUT2D eigenvalue weighted by Gasteiger charge is -2.16. The Balaban J connectivity index is 0.00000210. The number of halogens is 1. The zero-order chi connectivity index (χ0) is 25.8. The molecule has 3 aromatic rings. The SMILES string of the molecule is CC.O=CN(CCOc1ccc(C(=O)Nc2ccc(Br)cc2C(=O)O)cc1)C(=O)c1ccccc1. The minimum Gasteiger partial charge on any atom is -0.492 e. The summed E-state index contributed by atoms with van der Waals surface area (Å²) in [7, 11) is 0. The van der Waals surface area contributed by atoms with Crippen LogP contribution in [-0.2, 0) is 4.79 Å². The predicted octanol–water partition coefficient (Wildman–Crippen LogP) is 5.10. The Morgan fingerprint density at radius 3 is 2.23 bits per heavy atom.